The third-order valence-electron chi connectivity index (χ3n) is 2.77. The molecule has 0 aliphatic carbocycles. The van der Waals surface area contributed by atoms with Crippen LogP contribution in [0.2, 0.25) is 0 Å². The van der Waals surface area contributed by atoms with Gasteiger partial charge in [-0.3, -0.25) is 0 Å². The topological polar surface area (TPSA) is 45.2 Å². The molecular formula is C12H11N2O. The average molecular weight is 199 g/mol. The first-order valence-corrected chi connectivity index (χ1v) is 5.04. The molecule has 0 spiro atoms. The van der Waals surface area contributed by atoms with E-state index in [9.17, 15) is 0 Å². The van der Waals surface area contributed by atoms with Crippen LogP contribution in [-0.4, -0.2) is 22.7 Å². The summed E-state index contributed by atoms with van der Waals surface area (Å²) in [6.07, 6.45) is 0.855. The second-order valence-electron chi connectivity index (χ2n) is 3.84. The molecule has 2 aromatic rings. The number of anilines is 1. The molecule has 1 radical (unpaired) electrons. The Hall–Kier alpha value is -1.61. The van der Waals surface area contributed by atoms with Crippen LogP contribution < -0.4 is 5.32 Å². The van der Waals surface area contributed by atoms with Gasteiger partial charge >= 0.3 is 0 Å². The number of aliphatic hydroxyl groups is 1. The number of hydrogen-bond acceptors (Lipinski definition) is 3. The molecule has 0 bridgehead atoms. The number of aliphatic hydroxyl groups excluding tert-OH is 1. The minimum Gasteiger partial charge on any atom is -0.394 e. The number of hydrogen-bond donors (Lipinski definition) is 2. The van der Waals surface area contributed by atoms with Gasteiger partial charge in [0.15, 0.2) is 0 Å². The molecule has 1 atom stereocenters. The lowest BCUT2D eigenvalue weighted by Crippen LogP contribution is -2.19. The highest BCUT2D eigenvalue weighted by molar-refractivity contribution is 5.82. The number of nitrogens with one attached hydrogen (secondary N) is 1. The van der Waals surface area contributed by atoms with E-state index in [-0.39, 0.29) is 12.6 Å². The van der Waals surface area contributed by atoms with Crippen molar-refractivity contribution in [1.29, 1.82) is 0 Å². The van der Waals surface area contributed by atoms with Gasteiger partial charge in [-0.05, 0) is 30.2 Å². The Morgan fingerprint density at radius 2 is 2.53 bits per heavy atom. The van der Waals surface area contributed by atoms with Crippen molar-refractivity contribution in [2.75, 3.05) is 11.9 Å². The molecule has 3 heteroatoms. The number of aromatic nitrogens is 1. The molecule has 0 amide bonds. The minimum atomic E-state index is 0.119. The van der Waals surface area contributed by atoms with Gasteiger partial charge in [0.1, 0.15) is 5.82 Å². The molecule has 0 saturated heterocycles. The number of pyridine rings is 1. The van der Waals surface area contributed by atoms with E-state index in [1.165, 1.54) is 5.56 Å². The van der Waals surface area contributed by atoms with Crippen LogP contribution >= 0.6 is 0 Å². The zero-order valence-corrected chi connectivity index (χ0v) is 8.20. The Labute approximate surface area is 87.8 Å². The molecule has 0 fully saturated rings. The van der Waals surface area contributed by atoms with Gasteiger partial charge in [-0.15, -0.1) is 0 Å². The Morgan fingerprint density at radius 1 is 1.60 bits per heavy atom. The van der Waals surface area contributed by atoms with E-state index >= 15 is 0 Å². The van der Waals surface area contributed by atoms with Crippen molar-refractivity contribution >= 4 is 16.7 Å². The summed E-state index contributed by atoms with van der Waals surface area (Å²) in [4.78, 5) is 4.50. The maximum Gasteiger partial charge on any atom is 0.130 e. The Morgan fingerprint density at radius 3 is 3.40 bits per heavy atom. The molecule has 3 rings (SSSR count). The summed E-state index contributed by atoms with van der Waals surface area (Å²) in [6, 6.07) is 11.0. The van der Waals surface area contributed by atoms with Crippen molar-refractivity contribution in [2.24, 2.45) is 0 Å². The van der Waals surface area contributed by atoms with E-state index in [1.807, 2.05) is 18.2 Å². The highest BCUT2D eigenvalue weighted by Gasteiger charge is 2.21. The smallest absolute Gasteiger partial charge is 0.130 e. The van der Waals surface area contributed by atoms with Crippen LogP contribution in [0.25, 0.3) is 10.9 Å². The molecule has 0 saturated carbocycles. The molecule has 1 aliphatic heterocycles. The first-order valence-electron chi connectivity index (χ1n) is 5.04. The Balaban J connectivity index is 2.14. The van der Waals surface area contributed by atoms with Crippen molar-refractivity contribution in [3.05, 3.63) is 35.9 Å². The van der Waals surface area contributed by atoms with E-state index < -0.39 is 0 Å². The van der Waals surface area contributed by atoms with E-state index in [0.29, 0.717) is 0 Å². The van der Waals surface area contributed by atoms with Crippen molar-refractivity contribution in [3.63, 3.8) is 0 Å². The van der Waals surface area contributed by atoms with Gasteiger partial charge in [-0.2, -0.15) is 0 Å². The van der Waals surface area contributed by atoms with Crippen LogP contribution in [0.3, 0.4) is 0 Å². The molecule has 2 heterocycles. The lowest BCUT2D eigenvalue weighted by atomic mass is 10.1. The van der Waals surface area contributed by atoms with E-state index in [2.05, 4.69) is 22.4 Å². The van der Waals surface area contributed by atoms with Crippen LogP contribution in [0, 0.1) is 6.07 Å². The Bertz CT molecular complexity index is 465. The predicted molar refractivity (Wildman–Crippen MR) is 58.8 cm³/mol. The quantitative estimate of drug-likeness (QED) is 0.729. The second-order valence-corrected chi connectivity index (χ2v) is 3.84. The number of rotatable bonds is 1. The van der Waals surface area contributed by atoms with Gasteiger partial charge in [0.25, 0.3) is 0 Å². The molecule has 0 unspecified atom stereocenters. The fraction of sp³-hybridized carbons (Fsp3) is 0.250. The molecule has 1 aromatic heterocycles. The summed E-state index contributed by atoms with van der Waals surface area (Å²) in [5.41, 5.74) is 2.13. The summed E-state index contributed by atoms with van der Waals surface area (Å²) < 4.78 is 0. The van der Waals surface area contributed by atoms with Crippen molar-refractivity contribution in [1.82, 2.24) is 4.98 Å². The first kappa shape index (κ1) is 8.68. The van der Waals surface area contributed by atoms with Crippen LogP contribution in [0.5, 0.6) is 0 Å². The van der Waals surface area contributed by atoms with Crippen molar-refractivity contribution in [3.8, 4) is 0 Å². The van der Waals surface area contributed by atoms with Crippen LogP contribution in [0.4, 0.5) is 5.82 Å². The maximum absolute atomic E-state index is 9.08. The summed E-state index contributed by atoms with van der Waals surface area (Å²) in [7, 11) is 0. The van der Waals surface area contributed by atoms with Gasteiger partial charge < -0.3 is 10.4 Å². The van der Waals surface area contributed by atoms with Crippen molar-refractivity contribution in [2.45, 2.75) is 12.5 Å². The number of benzene rings is 1. The molecule has 75 valence electrons. The normalized spacial score (nSPS) is 18.9. The molecule has 3 nitrogen and oxygen atoms in total. The zero-order valence-electron chi connectivity index (χ0n) is 8.20. The van der Waals surface area contributed by atoms with Gasteiger partial charge in [-0.25, -0.2) is 4.98 Å². The fourth-order valence-electron chi connectivity index (χ4n) is 2.00. The van der Waals surface area contributed by atoms with Crippen LogP contribution in [0.1, 0.15) is 5.56 Å². The highest BCUT2D eigenvalue weighted by Crippen LogP contribution is 2.27. The lowest BCUT2D eigenvalue weighted by molar-refractivity contribution is 0.277. The van der Waals surface area contributed by atoms with Gasteiger partial charge in [0.2, 0.25) is 0 Å². The monoisotopic (exact) mass is 199 g/mol. The second kappa shape index (κ2) is 3.21. The van der Waals surface area contributed by atoms with Gasteiger partial charge in [0, 0.05) is 5.39 Å². The third-order valence-corrected chi connectivity index (χ3v) is 2.77. The number of fused-ring (bicyclic) bond motifs is 2. The average Bonchev–Trinajstić information content (AvgIpc) is 2.67. The summed E-state index contributed by atoms with van der Waals surface area (Å²) in [5, 5.41) is 13.4. The molecule has 15 heavy (non-hydrogen) atoms. The molecule has 2 N–H and O–H groups in total. The predicted octanol–water partition coefficient (Wildman–Crippen LogP) is 1.36. The minimum absolute atomic E-state index is 0.119. The van der Waals surface area contributed by atoms with Gasteiger partial charge in [-0.1, -0.05) is 12.1 Å². The zero-order chi connectivity index (χ0) is 10.3. The maximum atomic E-state index is 9.08. The fourth-order valence-corrected chi connectivity index (χ4v) is 2.00. The van der Waals surface area contributed by atoms with Crippen LogP contribution in [0.15, 0.2) is 24.3 Å². The summed E-state index contributed by atoms with van der Waals surface area (Å²) in [5.74, 6) is 0.904. The first-order chi connectivity index (χ1) is 7.36. The molecule has 1 aliphatic rings. The Kier molecular flexibility index (Phi) is 1.86. The highest BCUT2D eigenvalue weighted by atomic mass is 16.3. The molecule has 1 aromatic carbocycles. The lowest BCUT2D eigenvalue weighted by Gasteiger charge is -2.04. The van der Waals surface area contributed by atoms with E-state index in [0.717, 1.165) is 23.1 Å². The number of nitrogens with zero attached hydrogens (tertiary/aromatic N) is 1. The van der Waals surface area contributed by atoms with E-state index in [4.69, 9.17) is 5.11 Å². The largest absolute Gasteiger partial charge is 0.394 e. The third kappa shape index (κ3) is 1.36. The summed E-state index contributed by atoms with van der Waals surface area (Å²) >= 11 is 0. The van der Waals surface area contributed by atoms with E-state index in [1.54, 1.807) is 0 Å². The summed E-state index contributed by atoms with van der Waals surface area (Å²) in [6.45, 7) is 0.152. The van der Waals surface area contributed by atoms with Crippen molar-refractivity contribution < 1.29 is 5.11 Å². The SMILES string of the molecule is OC[C@@H]1Cc2cc3cc[c]cc3nc2N1. The molecular weight excluding hydrogens is 188 g/mol. The van der Waals surface area contributed by atoms with Gasteiger partial charge in [0.05, 0.1) is 18.2 Å². The van der Waals surface area contributed by atoms with Crippen LogP contribution in [-0.2, 0) is 6.42 Å². The standard InChI is InChI=1S/C12H11N2O/c15-7-10-6-9-5-8-3-1-2-4-11(8)14-12(9)13-10/h1,3-5,10,15H,6-7H2,(H,13,14)/t10-/m0/s1.